The lowest BCUT2D eigenvalue weighted by Gasteiger charge is -2.31. The second-order valence-electron chi connectivity index (χ2n) is 5.26. The molecule has 0 spiro atoms. The molecule has 98 valence electrons. The summed E-state index contributed by atoms with van der Waals surface area (Å²) in [6.07, 6.45) is 6.86. The molecule has 2 N–H and O–H groups in total. The number of hydrogen-bond acceptors (Lipinski definition) is 4. The van der Waals surface area contributed by atoms with Crippen molar-refractivity contribution in [2.75, 3.05) is 0 Å². The van der Waals surface area contributed by atoms with Gasteiger partial charge in [-0.3, -0.25) is 0 Å². The van der Waals surface area contributed by atoms with E-state index >= 15 is 0 Å². The van der Waals surface area contributed by atoms with Crippen molar-refractivity contribution in [2.45, 2.75) is 39.2 Å². The minimum atomic E-state index is 0.244. The summed E-state index contributed by atoms with van der Waals surface area (Å²) >= 11 is 4.83. The average molecular weight is 265 g/mol. The van der Waals surface area contributed by atoms with Gasteiger partial charge in [0.1, 0.15) is 16.8 Å². The minimum absolute atomic E-state index is 0.244. The largest absolute Gasteiger partial charge is 0.473 e. The molecule has 1 aliphatic rings. The number of nitrogens with two attached hydrogens (primary N) is 1. The maximum Gasteiger partial charge on any atom is 0.232 e. The number of hydrogen-bond donors (Lipinski definition) is 1. The van der Waals surface area contributed by atoms with Crippen LogP contribution in [-0.2, 0) is 0 Å². The van der Waals surface area contributed by atoms with E-state index in [0.717, 1.165) is 12.8 Å². The van der Waals surface area contributed by atoms with Crippen LogP contribution >= 0.6 is 12.2 Å². The van der Waals surface area contributed by atoms with Crippen LogP contribution in [0.3, 0.4) is 0 Å². The van der Waals surface area contributed by atoms with Gasteiger partial charge in [-0.05, 0) is 31.1 Å². The Morgan fingerprint density at radius 2 is 1.89 bits per heavy atom. The molecular formula is C13H19N3OS. The number of nitrogens with zero attached hydrogens (tertiary/aromatic N) is 2. The lowest BCUT2D eigenvalue weighted by Crippen LogP contribution is -2.28. The van der Waals surface area contributed by atoms with Crippen LogP contribution in [0.5, 0.6) is 5.88 Å². The molecule has 1 heterocycles. The second-order valence-corrected chi connectivity index (χ2v) is 5.70. The molecule has 0 aliphatic heterocycles. The predicted octanol–water partition coefficient (Wildman–Crippen LogP) is 2.31. The van der Waals surface area contributed by atoms with Gasteiger partial charge in [0.15, 0.2) is 0 Å². The average Bonchev–Trinajstić information content (AvgIpc) is 2.28. The highest BCUT2D eigenvalue weighted by Crippen LogP contribution is 2.30. The number of rotatable bonds is 3. The molecule has 2 atom stereocenters. The van der Waals surface area contributed by atoms with E-state index in [0.29, 0.717) is 23.4 Å². The molecule has 0 saturated heterocycles. The number of thiocarbonyl (C=S) groups is 1. The predicted molar refractivity (Wildman–Crippen MR) is 74.5 cm³/mol. The van der Waals surface area contributed by atoms with E-state index in [1.807, 2.05) is 0 Å². The van der Waals surface area contributed by atoms with Gasteiger partial charge in [-0.15, -0.1) is 0 Å². The molecule has 18 heavy (non-hydrogen) atoms. The first kappa shape index (κ1) is 13.2. The first-order valence-electron chi connectivity index (χ1n) is 6.33. The van der Waals surface area contributed by atoms with E-state index in [-0.39, 0.29) is 11.1 Å². The summed E-state index contributed by atoms with van der Waals surface area (Å²) in [6.45, 7) is 4.54. The summed E-state index contributed by atoms with van der Waals surface area (Å²) in [5.74, 6) is 1.98. The van der Waals surface area contributed by atoms with E-state index in [2.05, 4.69) is 23.8 Å². The van der Waals surface area contributed by atoms with Gasteiger partial charge in [0.2, 0.25) is 5.88 Å². The Hall–Kier alpha value is -1.23. The molecule has 5 heteroatoms. The molecule has 0 bridgehead atoms. The maximum atomic E-state index is 5.87. The molecule has 1 aromatic rings. The molecule has 0 amide bonds. The van der Waals surface area contributed by atoms with Crippen LogP contribution in [0.1, 0.15) is 38.8 Å². The monoisotopic (exact) mass is 265 g/mol. The van der Waals surface area contributed by atoms with Gasteiger partial charge in [0, 0.05) is 0 Å². The normalized spacial score (nSPS) is 27.8. The topological polar surface area (TPSA) is 61.0 Å². The standard InChI is InChI=1S/C13H19N3OS/c1-8-3-9(2)5-10(4-8)17-12-7-15-11(6-16-12)13(14)18/h6-10H,3-5H2,1-2H3,(H2,14,18). The molecule has 1 fully saturated rings. The van der Waals surface area contributed by atoms with Crippen molar-refractivity contribution in [3.8, 4) is 5.88 Å². The van der Waals surface area contributed by atoms with Gasteiger partial charge >= 0.3 is 0 Å². The Balaban J connectivity index is 1.98. The Morgan fingerprint density at radius 1 is 1.22 bits per heavy atom. The Labute approximate surface area is 113 Å². The summed E-state index contributed by atoms with van der Waals surface area (Å²) in [4.78, 5) is 8.58. The summed E-state index contributed by atoms with van der Waals surface area (Å²) < 4.78 is 5.87. The third-order valence-electron chi connectivity index (χ3n) is 3.30. The molecule has 4 nitrogen and oxygen atoms in total. The highest BCUT2D eigenvalue weighted by molar-refractivity contribution is 7.80. The molecule has 2 rings (SSSR count). The summed E-state index contributed by atoms with van der Waals surface area (Å²) in [6, 6.07) is 0. The van der Waals surface area contributed by atoms with Crippen molar-refractivity contribution in [1.29, 1.82) is 0 Å². The Kier molecular flexibility index (Phi) is 4.11. The zero-order valence-corrected chi connectivity index (χ0v) is 11.6. The van der Waals surface area contributed by atoms with Gasteiger partial charge in [-0.2, -0.15) is 0 Å². The minimum Gasteiger partial charge on any atom is -0.473 e. The molecule has 2 unspecified atom stereocenters. The second kappa shape index (κ2) is 5.61. The van der Waals surface area contributed by atoms with E-state index in [1.54, 1.807) is 12.4 Å². The van der Waals surface area contributed by atoms with Crippen LogP contribution in [0.25, 0.3) is 0 Å². The van der Waals surface area contributed by atoms with Crippen LogP contribution in [0.2, 0.25) is 0 Å². The zero-order chi connectivity index (χ0) is 13.1. The zero-order valence-electron chi connectivity index (χ0n) is 10.8. The quantitative estimate of drug-likeness (QED) is 0.850. The van der Waals surface area contributed by atoms with Crippen LogP contribution in [0.4, 0.5) is 0 Å². The fourth-order valence-electron chi connectivity index (χ4n) is 2.64. The fraction of sp³-hybridized carbons (Fsp3) is 0.615. The Morgan fingerprint density at radius 3 is 2.39 bits per heavy atom. The van der Waals surface area contributed by atoms with Crippen molar-refractivity contribution < 1.29 is 4.74 Å². The van der Waals surface area contributed by atoms with Gasteiger partial charge in [0.25, 0.3) is 0 Å². The molecular weight excluding hydrogens is 246 g/mol. The fourth-order valence-corrected chi connectivity index (χ4v) is 2.75. The van der Waals surface area contributed by atoms with Gasteiger partial charge < -0.3 is 10.5 Å². The van der Waals surface area contributed by atoms with Crippen molar-refractivity contribution in [2.24, 2.45) is 17.6 Å². The van der Waals surface area contributed by atoms with Crippen molar-refractivity contribution in [3.05, 3.63) is 18.1 Å². The maximum absolute atomic E-state index is 5.87. The smallest absolute Gasteiger partial charge is 0.232 e. The van der Waals surface area contributed by atoms with E-state index < -0.39 is 0 Å². The van der Waals surface area contributed by atoms with Gasteiger partial charge in [0.05, 0.1) is 12.4 Å². The molecule has 0 aromatic carbocycles. The molecule has 1 saturated carbocycles. The molecule has 1 aromatic heterocycles. The number of aromatic nitrogens is 2. The third kappa shape index (κ3) is 3.38. The lowest BCUT2D eigenvalue weighted by molar-refractivity contribution is 0.0963. The summed E-state index contributed by atoms with van der Waals surface area (Å²) in [5, 5.41) is 0. The van der Waals surface area contributed by atoms with Gasteiger partial charge in [-0.25, -0.2) is 9.97 Å². The Bertz CT molecular complexity index is 411. The first-order valence-corrected chi connectivity index (χ1v) is 6.74. The van der Waals surface area contributed by atoms with Crippen LogP contribution in [-0.4, -0.2) is 21.1 Å². The van der Waals surface area contributed by atoms with Crippen molar-refractivity contribution in [1.82, 2.24) is 9.97 Å². The highest BCUT2D eigenvalue weighted by atomic mass is 32.1. The van der Waals surface area contributed by atoms with Gasteiger partial charge in [-0.1, -0.05) is 26.1 Å². The summed E-state index contributed by atoms with van der Waals surface area (Å²) in [5.41, 5.74) is 6.00. The van der Waals surface area contributed by atoms with Crippen molar-refractivity contribution >= 4 is 17.2 Å². The first-order chi connectivity index (χ1) is 8.54. The highest BCUT2D eigenvalue weighted by Gasteiger charge is 2.25. The summed E-state index contributed by atoms with van der Waals surface area (Å²) in [7, 11) is 0. The van der Waals surface area contributed by atoms with Crippen LogP contribution in [0, 0.1) is 11.8 Å². The van der Waals surface area contributed by atoms with E-state index in [4.69, 9.17) is 22.7 Å². The molecule has 0 radical (unpaired) electrons. The van der Waals surface area contributed by atoms with E-state index in [1.165, 1.54) is 6.42 Å². The van der Waals surface area contributed by atoms with Crippen LogP contribution in [0.15, 0.2) is 12.4 Å². The third-order valence-corrected chi connectivity index (χ3v) is 3.51. The SMILES string of the molecule is CC1CC(C)CC(Oc2cnc(C(N)=S)cn2)C1. The van der Waals surface area contributed by atoms with Crippen LogP contribution < -0.4 is 10.5 Å². The van der Waals surface area contributed by atoms with E-state index in [9.17, 15) is 0 Å². The lowest BCUT2D eigenvalue weighted by atomic mass is 9.82. The van der Waals surface area contributed by atoms with Crippen molar-refractivity contribution in [3.63, 3.8) is 0 Å². The number of ether oxygens (including phenoxy) is 1. The molecule has 1 aliphatic carbocycles.